The lowest BCUT2D eigenvalue weighted by molar-refractivity contribution is 1.11. The first-order chi connectivity index (χ1) is 14.3. The monoisotopic (exact) mass is 478 g/mol. The van der Waals surface area contributed by atoms with Gasteiger partial charge in [-0.05, 0) is 24.3 Å². The first-order valence-electron chi connectivity index (χ1n) is 9.70. The lowest BCUT2D eigenvalue weighted by Crippen LogP contribution is -2.15. The first kappa shape index (κ1) is 24.9. The highest BCUT2D eigenvalue weighted by atomic mass is 32.2. The number of hydrogen-bond acceptors (Lipinski definition) is 5. The number of rotatable bonds is 16. The zero-order valence-electron chi connectivity index (χ0n) is 16.8. The number of thioether (sulfide) groups is 5. The van der Waals surface area contributed by atoms with E-state index in [9.17, 15) is 0 Å². The summed E-state index contributed by atoms with van der Waals surface area (Å²) in [7, 11) is 0. The van der Waals surface area contributed by atoms with Gasteiger partial charge >= 0.3 is 0 Å². The van der Waals surface area contributed by atoms with Crippen LogP contribution < -0.4 is 0 Å². The lowest BCUT2D eigenvalue weighted by Gasteiger charge is -2.19. The average Bonchev–Trinajstić information content (AvgIpc) is 2.75. The highest BCUT2D eigenvalue weighted by Gasteiger charge is 2.15. The van der Waals surface area contributed by atoms with Crippen molar-refractivity contribution in [1.82, 2.24) is 0 Å². The molecule has 0 fully saturated rings. The molecule has 0 radical (unpaired) electrons. The molecular weight excluding hydrogens is 449 g/mol. The summed E-state index contributed by atoms with van der Waals surface area (Å²) in [6, 6.07) is 21.6. The van der Waals surface area contributed by atoms with E-state index in [0.717, 1.165) is 11.5 Å². The highest BCUT2D eigenvalue weighted by Crippen LogP contribution is 2.32. The largest absolute Gasteiger partial charge is 0.160 e. The Labute approximate surface area is 198 Å². The van der Waals surface area contributed by atoms with Crippen molar-refractivity contribution in [2.45, 2.75) is 20.3 Å². The van der Waals surface area contributed by atoms with Gasteiger partial charge in [0.2, 0.25) is 0 Å². The van der Waals surface area contributed by atoms with Gasteiger partial charge in [-0.2, -0.15) is 35.3 Å². The molecule has 2 atom stereocenters. The molecule has 0 aliphatic heterocycles. The van der Waals surface area contributed by atoms with Crippen LogP contribution in [0, 0.1) is 0 Å². The van der Waals surface area contributed by atoms with E-state index in [0.29, 0.717) is 10.5 Å². The van der Waals surface area contributed by atoms with Crippen LogP contribution in [-0.4, -0.2) is 45.0 Å². The molecule has 0 amide bonds. The predicted molar refractivity (Wildman–Crippen MR) is 145 cm³/mol. The Bertz CT molecular complexity index is 615. The zero-order valence-corrected chi connectivity index (χ0v) is 20.9. The number of benzene rings is 2. The summed E-state index contributed by atoms with van der Waals surface area (Å²) >= 11 is 10.1. The van der Waals surface area contributed by atoms with Gasteiger partial charge in [-0.15, -0.1) is 36.7 Å². The second-order valence-corrected chi connectivity index (χ2v) is 12.3. The molecule has 0 saturated heterocycles. The summed E-state index contributed by atoms with van der Waals surface area (Å²) in [5, 5.41) is 1.24. The third-order valence-electron chi connectivity index (χ3n) is 3.78. The molecule has 2 unspecified atom stereocenters. The first-order valence-corrected chi connectivity index (χ1v) is 14.9. The van der Waals surface area contributed by atoms with Gasteiger partial charge in [0.25, 0.3) is 0 Å². The molecule has 0 aromatic heterocycles. The van der Waals surface area contributed by atoms with Crippen LogP contribution in [0.25, 0.3) is 0 Å². The topological polar surface area (TPSA) is 0 Å². The van der Waals surface area contributed by atoms with Gasteiger partial charge in [0.05, 0.1) is 0 Å². The molecular formula is C24H30S5. The van der Waals surface area contributed by atoms with Crippen LogP contribution in [0.4, 0.5) is 0 Å². The van der Waals surface area contributed by atoms with Gasteiger partial charge in [0, 0.05) is 54.8 Å². The molecule has 5 heteroatoms. The van der Waals surface area contributed by atoms with Crippen molar-refractivity contribution in [1.29, 1.82) is 0 Å². The van der Waals surface area contributed by atoms with Crippen LogP contribution in [0.5, 0.6) is 0 Å². The van der Waals surface area contributed by atoms with Crippen LogP contribution in [0.3, 0.4) is 0 Å². The fourth-order valence-corrected chi connectivity index (χ4v) is 8.72. The van der Waals surface area contributed by atoms with Crippen molar-refractivity contribution in [3.63, 3.8) is 0 Å². The SMILES string of the molecule is C=CCSCC(CSCC(CSCC=C)Sc1ccccc1)Sc1ccccc1. The van der Waals surface area contributed by atoms with E-state index in [-0.39, 0.29) is 0 Å². The molecule has 0 saturated carbocycles. The van der Waals surface area contributed by atoms with Crippen molar-refractivity contribution < 1.29 is 0 Å². The van der Waals surface area contributed by atoms with Crippen LogP contribution in [-0.2, 0) is 0 Å². The Balaban J connectivity index is 1.87. The maximum absolute atomic E-state index is 3.86. The van der Waals surface area contributed by atoms with E-state index in [2.05, 4.69) is 85.6 Å². The van der Waals surface area contributed by atoms with Gasteiger partial charge in [-0.25, -0.2) is 0 Å². The lowest BCUT2D eigenvalue weighted by atomic mass is 10.4. The maximum Gasteiger partial charge on any atom is 0.0276 e. The normalized spacial score (nSPS) is 13.0. The predicted octanol–water partition coefficient (Wildman–Crippen LogP) is 7.88. The van der Waals surface area contributed by atoms with Gasteiger partial charge in [-0.3, -0.25) is 0 Å². The summed E-state index contributed by atoms with van der Waals surface area (Å²) in [5.41, 5.74) is 0. The van der Waals surface area contributed by atoms with Crippen molar-refractivity contribution in [2.24, 2.45) is 0 Å². The molecule has 2 rings (SSSR count). The van der Waals surface area contributed by atoms with E-state index in [1.54, 1.807) is 0 Å². The molecule has 0 aliphatic rings. The average molecular weight is 479 g/mol. The summed E-state index contributed by atoms with van der Waals surface area (Å²) < 4.78 is 0. The van der Waals surface area contributed by atoms with E-state index in [1.165, 1.54) is 32.8 Å². The molecule has 156 valence electrons. The van der Waals surface area contributed by atoms with E-state index in [4.69, 9.17) is 0 Å². The molecule has 2 aromatic carbocycles. The zero-order chi connectivity index (χ0) is 20.6. The fourth-order valence-electron chi connectivity index (χ4n) is 2.51. The van der Waals surface area contributed by atoms with Crippen LogP contribution in [0.1, 0.15) is 0 Å². The highest BCUT2D eigenvalue weighted by molar-refractivity contribution is 8.07. The smallest absolute Gasteiger partial charge is 0.0276 e. The Hall–Kier alpha value is -0.330. The van der Waals surface area contributed by atoms with Crippen molar-refractivity contribution >= 4 is 58.8 Å². The van der Waals surface area contributed by atoms with Crippen molar-refractivity contribution in [3.8, 4) is 0 Å². The maximum atomic E-state index is 3.86. The molecule has 0 bridgehead atoms. The van der Waals surface area contributed by atoms with Gasteiger partial charge < -0.3 is 0 Å². The minimum Gasteiger partial charge on any atom is -0.160 e. The Kier molecular flexibility index (Phi) is 14.1. The summed E-state index contributed by atoms with van der Waals surface area (Å²) in [5.74, 6) is 6.76. The van der Waals surface area contributed by atoms with Crippen LogP contribution >= 0.6 is 58.8 Å². The van der Waals surface area contributed by atoms with Crippen molar-refractivity contribution in [3.05, 3.63) is 86.0 Å². The standard InChI is InChI=1S/C24H30S5/c1-3-15-25-17-23(28-21-11-7-5-8-12-21)19-27-20-24(18-26-16-4-2)29-22-13-9-6-10-14-22/h3-14,23-24H,1-2,15-20H2. The molecule has 0 N–H and O–H groups in total. The van der Waals surface area contributed by atoms with Gasteiger partial charge in [0.15, 0.2) is 0 Å². The molecule has 29 heavy (non-hydrogen) atoms. The summed E-state index contributed by atoms with van der Waals surface area (Å²) in [6.07, 6.45) is 4.01. The van der Waals surface area contributed by atoms with E-state index in [1.807, 2.05) is 59.2 Å². The Morgan fingerprint density at radius 1 is 0.586 bits per heavy atom. The summed E-state index contributed by atoms with van der Waals surface area (Å²) in [4.78, 5) is 2.74. The molecule has 0 spiro atoms. The molecule has 0 aliphatic carbocycles. The third-order valence-corrected chi connectivity index (χ3v) is 10.5. The van der Waals surface area contributed by atoms with Crippen LogP contribution in [0.15, 0.2) is 95.8 Å². The minimum absolute atomic E-state index is 0.621. The number of hydrogen-bond donors (Lipinski definition) is 0. The van der Waals surface area contributed by atoms with Crippen molar-refractivity contribution in [2.75, 3.05) is 34.5 Å². The van der Waals surface area contributed by atoms with E-state index < -0.39 is 0 Å². The Morgan fingerprint density at radius 2 is 0.966 bits per heavy atom. The molecule has 0 heterocycles. The Morgan fingerprint density at radius 3 is 1.34 bits per heavy atom. The second kappa shape index (κ2) is 16.4. The molecule has 2 aromatic rings. The summed E-state index contributed by atoms with van der Waals surface area (Å²) in [6.45, 7) is 7.71. The molecule has 0 nitrogen and oxygen atoms in total. The van der Waals surface area contributed by atoms with E-state index >= 15 is 0 Å². The van der Waals surface area contributed by atoms with Crippen LogP contribution in [0.2, 0.25) is 0 Å². The van der Waals surface area contributed by atoms with Gasteiger partial charge in [-0.1, -0.05) is 48.6 Å². The van der Waals surface area contributed by atoms with Gasteiger partial charge in [0.1, 0.15) is 0 Å². The minimum atomic E-state index is 0.621. The second-order valence-electron chi connectivity index (χ2n) is 6.30. The fraction of sp³-hybridized carbons (Fsp3) is 0.333. The quantitative estimate of drug-likeness (QED) is 0.136. The third kappa shape index (κ3) is 11.6.